The number of hydrogen-bond acceptors (Lipinski definition) is 2. The van der Waals surface area contributed by atoms with Gasteiger partial charge in [0.15, 0.2) is 0 Å². The Morgan fingerprint density at radius 3 is 2.14 bits per heavy atom. The Labute approximate surface area is 136 Å². The second kappa shape index (κ2) is 7.32. The lowest BCUT2D eigenvalue weighted by Crippen LogP contribution is -2.25. The standard InChI is InChI=1S/C18H20ClNO2/c1-12(2)17(13-4-6-14(19)7-5-13)18(21)20-15-8-10-16(22-3)11-9-15/h4-12,17H,1-3H3,(H,20,21). The molecule has 0 aliphatic rings. The van der Waals surface area contributed by atoms with E-state index in [1.807, 2.05) is 62.4 Å². The van der Waals surface area contributed by atoms with Gasteiger partial charge in [0, 0.05) is 10.7 Å². The molecule has 0 aliphatic carbocycles. The van der Waals surface area contributed by atoms with Crippen LogP contribution in [0.1, 0.15) is 25.3 Å². The molecule has 1 amide bonds. The van der Waals surface area contributed by atoms with Crippen LogP contribution in [0.15, 0.2) is 48.5 Å². The van der Waals surface area contributed by atoms with Crippen molar-refractivity contribution in [1.82, 2.24) is 0 Å². The van der Waals surface area contributed by atoms with Crippen molar-refractivity contribution in [2.45, 2.75) is 19.8 Å². The number of halogens is 1. The summed E-state index contributed by atoms with van der Waals surface area (Å²) in [7, 11) is 1.61. The third kappa shape index (κ3) is 4.01. The van der Waals surface area contributed by atoms with Crippen LogP contribution in [0.5, 0.6) is 5.75 Å². The SMILES string of the molecule is COc1ccc(NC(=O)C(c2ccc(Cl)cc2)C(C)C)cc1. The molecular weight excluding hydrogens is 298 g/mol. The van der Waals surface area contributed by atoms with Gasteiger partial charge >= 0.3 is 0 Å². The minimum absolute atomic E-state index is 0.0255. The maximum absolute atomic E-state index is 12.6. The van der Waals surface area contributed by atoms with E-state index in [2.05, 4.69) is 5.32 Å². The second-order valence-electron chi connectivity index (χ2n) is 5.49. The molecule has 0 saturated heterocycles. The van der Waals surface area contributed by atoms with Gasteiger partial charge in [0.25, 0.3) is 0 Å². The molecule has 0 fully saturated rings. The van der Waals surface area contributed by atoms with E-state index in [-0.39, 0.29) is 17.7 Å². The molecule has 22 heavy (non-hydrogen) atoms. The molecule has 0 radical (unpaired) electrons. The highest BCUT2D eigenvalue weighted by Crippen LogP contribution is 2.27. The number of methoxy groups -OCH3 is 1. The van der Waals surface area contributed by atoms with Crippen molar-refractivity contribution in [3.05, 3.63) is 59.1 Å². The third-order valence-electron chi connectivity index (χ3n) is 3.54. The molecule has 0 aliphatic heterocycles. The molecule has 2 rings (SSSR count). The lowest BCUT2D eigenvalue weighted by molar-refractivity contribution is -0.118. The maximum atomic E-state index is 12.6. The van der Waals surface area contributed by atoms with E-state index in [0.29, 0.717) is 5.02 Å². The van der Waals surface area contributed by atoms with E-state index >= 15 is 0 Å². The number of amides is 1. The molecular formula is C18H20ClNO2. The monoisotopic (exact) mass is 317 g/mol. The van der Waals surface area contributed by atoms with Crippen LogP contribution in [0.3, 0.4) is 0 Å². The van der Waals surface area contributed by atoms with Crippen LogP contribution in [0, 0.1) is 5.92 Å². The number of ether oxygens (including phenoxy) is 1. The molecule has 1 unspecified atom stereocenters. The summed E-state index contributed by atoms with van der Waals surface area (Å²) in [5.41, 5.74) is 1.72. The molecule has 0 heterocycles. The van der Waals surface area contributed by atoms with Crippen molar-refractivity contribution in [2.24, 2.45) is 5.92 Å². The Balaban J connectivity index is 2.17. The average molecular weight is 318 g/mol. The summed E-state index contributed by atoms with van der Waals surface area (Å²) in [6, 6.07) is 14.7. The summed E-state index contributed by atoms with van der Waals surface area (Å²) in [6.07, 6.45) is 0. The fraction of sp³-hybridized carbons (Fsp3) is 0.278. The van der Waals surface area contributed by atoms with Crippen molar-refractivity contribution >= 4 is 23.2 Å². The largest absolute Gasteiger partial charge is 0.497 e. The molecule has 0 spiro atoms. The van der Waals surface area contributed by atoms with E-state index in [1.54, 1.807) is 7.11 Å². The van der Waals surface area contributed by atoms with Crippen LogP contribution in [0.25, 0.3) is 0 Å². The Morgan fingerprint density at radius 1 is 1.05 bits per heavy atom. The minimum atomic E-state index is -0.223. The summed E-state index contributed by atoms with van der Waals surface area (Å²) in [5.74, 6) is 0.692. The first-order chi connectivity index (χ1) is 10.5. The maximum Gasteiger partial charge on any atom is 0.232 e. The quantitative estimate of drug-likeness (QED) is 0.866. The average Bonchev–Trinajstić information content (AvgIpc) is 2.50. The fourth-order valence-corrected chi connectivity index (χ4v) is 2.53. The molecule has 0 aromatic heterocycles. The highest BCUT2D eigenvalue weighted by Gasteiger charge is 2.24. The van der Waals surface area contributed by atoms with Crippen molar-refractivity contribution in [3.63, 3.8) is 0 Å². The number of benzene rings is 2. The summed E-state index contributed by atoms with van der Waals surface area (Å²) < 4.78 is 5.12. The van der Waals surface area contributed by atoms with Gasteiger partial charge in [-0.3, -0.25) is 4.79 Å². The molecule has 2 aromatic rings. The zero-order chi connectivity index (χ0) is 16.1. The van der Waals surface area contributed by atoms with E-state index < -0.39 is 0 Å². The summed E-state index contributed by atoms with van der Waals surface area (Å²) >= 11 is 5.92. The molecule has 1 N–H and O–H groups in total. The predicted octanol–water partition coefficient (Wildman–Crippen LogP) is 4.73. The van der Waals surface area contributed by atoms with Gasteiger partial charge in [-0.2, -0.15) is 0 Å². The zero-order valence-electron chi connectivity index (χ0n) is 13.0. The number of carbonyl (C=O) groups is 1. The number of hydrogen-bond donors (Lipinski definition) is 1. The van der Waals surface area contributed by atoms with Crippen molar-refractivity contribution in [1.29, 1.82) is 0 Å². The van der Waals surface area contributed by atoms with Crippen LogP contribution in [0.4, 0.5) is 5.69 Å². The molecule has 4 heteroatoms. The number of anilines is 1. The zero-order valence-corrected chi connectivity index (χ0v) is 13.7. The molecule has 2 aromatic carbocycles. The number of carbonyl (C=O) groups excluding carboxylic acids is 1. The molecule has 0 bridgehead atoms. The van der Waals surface area contributed by atoms with Gasteiger partial charge < -0.3 is 10.1 Å². The molecule has 3 nitrogen and oxygen atoms in total. The summed E-state index contributed by atoms with van der Waals surface area (Å²) in [6.45, 7) is 4.07. The predicted molar refractivity (Wildman–Crippen MR) is 90.7 cm³/mol. The van der Waals surface area contributed by atoms with Crippen molar-refractivity contribution in [2.75, 3.05) is 12.4 Å². The van der Waals surface area contributed by atoms with Gasteiger partial charge in [-0.1, -0.05) is 37.6 Å². The Hall–Kier alpha value is -2.00. The van der Waals surface area contributed by atoms with Gasteiger partial charge in [-0.05, 0) is 47.9 Å². The third-order valence-corrected chi connectivity index (χ3v) is 3.79. The van der Waals surface area contributed by atoms with Crippen LogP contribution >= 0.6 is 11.6 Å². The highest BCUT2D eigenvalue weighted by atomic mass is 35.5. The van der Waals surface area contributed by atoms with Gasteiger partial charge in [0.1, 0.15) is 5.75 Å². The summed E-state index contributed by atoms with van der Waals surface area (Å²) in [5, 5.41) is 3.63. The van der Waals surface area contributed by atoms with E-state index in [9.17, 15) is 4.79 Å². The smallest absolute Gasteiger partial charge is 0.232 e. The van der Waals surface area contributed by atoms with Crippen LogP contribution in [0.2, 0.25) is 5.02 Å². The lowest BCUT2D eigenvalue weighted by atomic mass is 9.87. The van der Waals surface area contributed by atoms with Crippen LogP contribution in [-0.2, 0) is 4.79 Å². The molecule has 1 atom stereocenters. The topological polar surface area (TPSA) is 38.3 Å². The van der Waals surface area contributed by atoms with Gasteiger partial charge in [-0.25, -0.2) is 0 Å². The normalized spacial score (nSPS) is 12.0. The Bertz CT molecular complexity index is 621. The summed E-state index contributed by atoms with van der Waals surface area (Å²) in [4.78, 5) is 12.6. The van der Waals surface area contributed by atoms with Gasteiger partial charge in [0.05, 0.1) is 13.0 Å². The first-order valence-corrected chi connectivity index (χ1v) is 7.59. The number of nitrogens with one attached hydrogen (secondary N) is 1. The van der Waals surface area contributed by atoms with Crippen molar-refractivity contribution < 1.29 is 9.53 Å². The fourth-order valence-electron chi connectivity index (χ4n) is 2.40. The van der Waals surface area contributed by atoms with Crippen molar-refractivity contribution in [3.8, 4) is 5.75 Å². The minimum Gasteiger partial charge on any atom is -0.497 e. The lowest BCUT2D eigenvalue weighted by Gasteiger charge is -2.21. The van der Waals surface area contributed by atoms with E-state index in [4.69, 9.17) is 16.3 Å². The Morgan fingerprint density at radius 2 is 1.64 bits per heavy atom. The first-order valence-electron chi connectivity index (χ1n) is 7.21. The van der Waals surface area contributed by atoms with E-state index in [1.165, 1.54) is 0 Å². The second-order valence-corrected chi connectivity index (χ2v) is 5.93. The highest BCUT2D eigenvalue weighted by molar-refractivity contribution is 6.30. The molecule has 0 saturated carbocycles. The number of rotatable bonds is 5. The Kier molecular flexibility index (Phi) is 5.45. The van der Waals surface area contributed by atoms with Crippen LogP contribution in [-0.4, -0.2) is 13.0 Å². The van der Waals surface area contributed by atoms with Crippen LogP contribution < -0.4 is 10.1 Å². The van der Waals surface area contributed by atoms with Gasteiger partial charge in [0.2, 0.25) is 5.91 Å². The van der Waals surface area contributed by atoms with E-state index in [0.717, 1.165) is 17.0 Å². The van der Waals surface area contributed by atoms with Gasteiger partial charge in [-0.15, -0.1) is 0 Å². The molecule has 116 valence electrons. The first kappa shape index (κ1) is 16.4.